The molecule has 2 aromatic rings. The van der Waals surface area contributed by atoms with Crippen LogP contribution in [0.4, 0.5) is 5.69 Å². The normalized spacial score (nSPS) is 16.5. The van der Waals surface area contributed by atoms with Crippen LogP contribution in [0.15, 0.2) is 47.4 Å². The number of thioether (sulfide) groups is 1. The molecule has 0 fully saturated rings. The largest absolute Gasteiger partial charge is 0.492 e. The molecule has 0 saturated heterocycles. The zero-order valence-electron chi connectivity index (χ0n) is 11.6. The summed E-state index contributed by atoms with van der Waals surface area (Å²) in [5, 5.41) is 11.3. The first-order valence-electron chi connectivity index (χ1n) is 6.76. The summed E-state index contributed by atoms with van der Waals surface area (Å²) in [5.41, 5.74) is 2.05. The third kappa shape index (κ3) is 2.88. The van der Waals surface area contributed by atoms with Gasteiger partial charge in [0.15, 0.2) is 0 Å². The van der Waals surface area contributed by atoms with Gasteiger partial charge in [0.1, 0.15) is 12.4 Å². The average Bonchev–Trinajstić information content (AvgIpc) is 2.88. The second kappa shape index (κ2) is 5.77. The third-order valence-corrected chi connectivity index (χ3v) is 4.88. The van der Waals surface area contributed by atoms with Gasteiger partial charge in [0.25, 0.3) is 5.69 Å². The van der Waals surface area contributed by atoms with Crippen LogP contribution in [0, 0.1) is 17.0 Å². The van der Waals surface area contributed by atoms with Gasteiger partial charge in [-0.1, -0.05) is 24.3 Å². The van der Waals surface area contributed by atoms with Crippen LogP contribution in [0.2, 0.25) is 0 Å². The summed E-state index contributed by atoms with van der Waals surface area (Å²) in [6.45, 7) is 2.28. The Labute approximate surface area is 127 Å². The predicted octanol–water partition coefficient (Wildman–Crippen LogP) is 4.00. The van der Waals surface area contributed by atoms with Crippen molar-refractivity contribution in [3.05, 3.63) is 63.7 Å². The fourth-order valence-electron chi connectivity index (χ4n) is 2.49. The van der Waals surface area contributed by atoms with Crippen molar-refractivity contribution in [3.63, 3.8) is 0 Å². The Bertz CT molecular complexity index is 662. The summed E-state index contributed by atoms with van der Waals surface area (Å²) in [6.07, 6.45) is 0.981. The van der Waals surface area contributed by atoms with Gasteiger partial charge in [-0.15, -0.1) is 11.8 Å². The number of rotatable bonds is 4. The van der Waals surface area contributed by atoms with E-state index in [0.717, 1.165) is 6.42 Å². The molecule has 1 aliphatic heterocycles. The molecule has 0 N–H and O–H groups in total. The molecule has 1 atom stereocenters. The highest BCUT2D eigenvalue weighted by molar-refractivity contribution is 8.00. The SMILES string of the molecule is Cc1c(OCC2Cc3ccccc3S2)cccc1[N+](=O)[O-]. The number of nitro benzene ring substituents is 1. The molecule has 0 aromatic heterocycles. The Morgan fingerprint density at radius 2 is 2.10 bits per heavy atom. The first-order valence-corrected chi connectivity index (χ1v) is 7.64. The summed E-state index contributed by atoms with van der Waals surface area (Å²) in [6, 6.07) is 13.3. The first-order chi connectivity index (χ1) is 10.1. The van der Waals surface area contributed by atoms with Crippen LogP contribution >= 0.6 is 11.8 Å². The van der Waals surface area contributed by atoms with Crippen molar-refractivity contribution < 1.29 is 9.66 Å². The molecule has 0 radical (unpaired) electrons. The molecule has 0 amide bonds. The highest BCUT2D eigenvalue weighted by atomic mass is 32.2. The summed E-state index contributed by atoms with van der Waals surface area (Å²) in [5.74, 6) is 0.598. The predicted molar refractivity (Wildman–Crippen MR) is 83.1 cm³/mol. The van der Waals surface area contributed by atoms with E-state index in [2.05, 4.69) is 12.1 Å². The fourth-order valence-corrected chi connectivity index (χ4v) is 3.70. The van der Waals surface area contributed by atoms with Gasteiger partial charge in [-0.05, 0) is 31.0 Å². The number of benzene rings is 2. The zero-order valence-corrected chi connectivity index (χ0v) is 12.4. The number of hydrogen-bond acceptors (Lipinski definition) is 4. The van der Waals surface area contributed by atoms with Gasteiger partial charge < -0.3 is 4.74 Å². The maximum absolute atomic E-state index is 10.9. The minimum atomic E-state index is -0.373. The van der Waals surface area contributed by atoms with Crippen molar-refractivity contribution in [1.29, 1.82) is 0 Å². The van der Waals surface area contributed by atoms with Crippen LogP contribution in [-0.2, 0) is 6.42 Å². The first kappa shape index (κ1) is 13.9. The molecule has 21 heavy (non-hydrogen) atoms. The molecule has 1 aliphatic rings. The van der Waals surface area contributed by atoms with Crippen molar-refractivity contribution in [2.75, 3.05) is 6.61 Å². The second-order valence-corrected chi connectivity index (χ2v) is 6.36. The summed E-state index contributed by atoms with van der Waals surface area (Å²) in [7, 11) is 0. The quantitative estimate of drug-likeness (QED) is 0.632. The lowest BCUT2D eigenvalue weighted by Gasteiger charge is -2.12. The van der Waals surface area contributed by atoms with Crippen molar-refractivity contribution in [2.24, 2.45) is 0 Å². The molecule has 1 heterocycles. The van der Waals surface area contributed by atoms with Gasteiger partial charge in [-0.2, -0.15) is 0 Å². The minimum absolute atomic E-state index is 0.106. The topological polar surface area (TPSA) is 52.4 Å². The Morgan fingerprint density at radius 3 is 2.86 bits per heavy atom. The van der Waals surface area contributed by atoms with E-state index in [1.54, 1.807) is 19.1 Å². The van der Waals surface area contributed by atoms with Gasteiger partial charge >= 0.3 is 0 Å². The molecule has 0 saturated carbocycles. The van der Waals surface area contributed by atoms with Gasteiger partial charge in [0.2, 0.25) is 0 Å². The molecule has 2 aromatic carbocycles. The maximum atomic E-state index is 10.9. The third-order valence-electron chi connectivity index (χ3n) is 3.59. The lowest BCUT2D eigenvalue weighted by atomic mass is 10.1. The Balaban J connectivity index is 1.67. The van der Waals surface area contributed by atoms with E-state index in [0.29, 0.717) is 23.2 Å². The second-order valence-electron chi connectivity index (χ2n) is 5.02. The van der Waals surface area contributed by atoms with Crippen molar-refractivity contribution >= 4 is 17.4 Å². The standard InChI is InChI=1S/C16H15NO3S/c1-11-14(17(18)19)6-4-7-15(11)20-10-13-9-12-5-2-3-8-16(12)21-13/h2-8,13H,9-10H2,1H3. The summed E-state index contributed by atoms with van der Waals surface area (Å²) < 4.78 is 5.82. The summed E-state index contributed by atoms with van der Waals surface area (Å²) >= 11 is 1.81. The Kier molecular flexibility index (Phi) is 3.84. The zero-order chi connectivity index (χ0) is 14.8. The van der Waals surface area contributed by atoms with E-state index in [4.69, 9.17) is 4.74 Å². The van der Waals surface area contributed by atoms with Crippen LogP contribution in [0.5, 0.6) is 5.75 Å². The Hall–Kier alpha value is -2.01. The monoisotopic (exact) mass is 301 g/mol. The molecule has 3 rings (SSSR count). The maximum Gasteiger partial charge on any atom is 0.276 e. The lowest BCUT2D eigenvalue weighted by molar-refractivity contribution is -0.385. The van der Waals surface area contributed by atoms with Crippen molar-refractivity contribution in [1.82, 2.24) is 0 Å². The van der Waals surface area contributed by atoms with E-state index >= 15 is 0 Å². The number of fused-ring (bicyclic) bond motifs is 1. The van der Waals surface area contributed by atoms with E-state index < -0.39 is 0 Å². The highest BCUT2D eigenvalue weighted by Gasteiger charge is 2.23. The van der Waals surface area contributed by atoms with E-state index in [1.165, 1.54) is 16.5 Å². The van der Waals surface area contributed by atoms with E-state index in [1.807, 2.05) is 23.9 Å². The van der Waals surface area contributed by atoms with Gasteiger partial charge in [0.05, 0.1) is 10.5 Å². The van der Waals surface area contributed by atoms with E-state index in [-0.39, 0.29) is 10.6 Å². The number of ether oxygens (including phenoxy) is 1. The number of nitrogens with zero attached hydrogens (tertiary/aromatic N) is 1. The van der Waals surface area contributed by atoms with Crippen LogP contribution in [0.1, 0.15) is 11.1 Å². The molecular weight excluding hydrogens is 286 g/mol. The summed E-state index contributed by atoms with van der Waals surface area (Å²) in [4.78, 5) is 11.9. The van der Waals surface area contributed by atoms with Gasteiger partial charge in [-0.25, -0.2) is 0 Å². The minimum Gasteiger partial charge on any atom is -0.492 e. The molecule has 1 unspecified atom stereocenters. The van der Waals surface area contributed by atoms with Crippen LogP contribution in [0.25, 0.3) is 0 Å². The molecule has 0 bridgehead atoms. The van der Waals surface area contributed by atoms with Gasteiger partial charge in [-0.3, -0.25) is 10.1 Å². The van der Waals surface area contributed by atoms with Crippen LogP contribution in [-0.4, -0.2) is 16.8 Å². The van der Waals surface area contributed by atoms with Crippen molar-refractivity contribution in [2.45, 2.75) is 23.5 Å². The molecular formula is C16H15NO3S. The smallest absolute Gasteiger partial charge is 0.276 e. The average molecular weight is 301 g/mol. The van der Waals surface area contributed by atoms with Crippen molar-refractivity contribution in [3.8, 4) is 5.75 Å². The van der Waals surface area contributed by atoms with Crippen LogP contribution < -0.4 is 4.74 Å². The van der Waals surface area contributed by atoms with E-state index in [9.17, 15) is 10.1 Å². The highest BCUT2D eigenvalue weighted by Crippen LogP contribution is 2.37. The lowest BCUT2D eigenvalue weighted by Crippen LogP contribution is -2.14. The fraction of sp³-hybridized carbons (Fsp3) is 0.250. The Morgan fingerprint density at radius 1 is 1.29 bits per heavy atom. The molecule has 4 nitrogen and oxygen atoms in total. The number of nitro groups is 1. The molecule has 0 aliphatic carbocycles. The van der Waals surface area contributed by atoms with Gasteiger partial charge in [0, 0.05) is 16.2 Å². The molecule has 0 spiro atoms. The number of hydrogen-bond donors (Lipinski definition) is 0. The molecule has 5 heteroatoms. The molecule has 108 valence electrons. The van der Waals surface area contributed by atoms with Crippen LogP contribution in [0.3, 0.4) is 0 Å².